The van der Waals surface area contributed by atoms with Gasteiger partial charge in [0.1, 0.15) is 11.6 Å². The van der Waals surface area contributed by atoms with Crippen LogP contribution in [0.2, 0.25) is 0 Å². The predicted octanol–water partition coefficient (Wildman–Crippen LogP) is 2.61. The molecule has 2 aromatic heterocycles. The minimum atomic E-state index is -1.05. The van der Waals surface area contributed by atoms with Crippen molar-refractivity contribution in [3.63, 3.8) is 0 Å². The van der Waals surface area contributed by atoms with Gasteiger partial charge in [0, 0.05) is 12.4 Å². The molecule has 1 atom stereocenters. The Morgan fingerprint density at radius 3 is 2.19 bits per heavy atom. The van der Waals surface area contributed by atoms with Gasteiger partial charge < -0.3 is 9.76 Å². The lowest BCUT2D eigenvalue weighted by Crippen LogP contribution is -2.49. The van der Waals surface area contributed by atoms with Gasteiger partial charge in [-0.1, -0.05) is 13.8 Å². The average Bonchev–Trinajstić information content (AvgIpc) is 2.96. The highest BCUT2D eigenvalue weighted by atomic mass is 19.1. The molecule has 8 heteroatoms. The maximum Gasteiger partial charge on any atom is 0.334 e. The third-order valence-electron chi connectivity index (χ3n) is 4.69. The van der Waals surface area contributed by atoms with Crippen molar-refractivity contribution in [3.8, 4) is 0 Å². The molecule has 0 saturated heterocycles. The lowest BCUT2D eigenvalue weighted by molar-refractivity contribution is -0.0893. The maximum atomic E-state index is 14.2. The highest BCUT2D eigenvalue weighted by Crippen LogP contribution is 2.29. The fraction of sp³-hybridized carbons (Fsp3) is 0.556. The molecule has 0 aliphatic carbocycles. The molecule has 0 aliphatic heterocycles. The summed E-state index contributed by atoms with van der Waals surface area (Å²) in [6, 6.07) is -0.623. The van der Waals surface area contributed by atoms with Gasteiger partial charge in [-0.2, -0.15) is 5.10 Å². The third-order valence-corrected chi connectivity index (χ3v) is 4.69. The van der Waals surface area contributed by atoms with E-state index in [-0.39, 0.29) is 11.5 Å². The van der Waals surface area contributed by atoms with Gasteiger partial charge in [-0.25, -0.2) is 8.78 Å². The Morgan fingerprint density at radius 1 is 1.12 bits per heavy atom. The van der Waals surface area contributed by atoms with E-state index < -0.39 is 28.9 Å². The zero-order valence-corrected chi connectivity index (χ0v) is 16.0. The number of rotatable bonds is 7. The van der Waals surface area contributed by atoms with Gasteiger partial charge in [0.05, 0.1) is 35.2 Å². The molecule has 0 aliphatic rings. The molecule has 5 nitrogen and oxygen atoms in total. The van der Waals surface area contributed by atoms with Gasteiger partial charge in [0.2, 0.25) is 0 Å². The lowest BCUT2D eigenvalue weighted by Gasteiger charge is -2.37. The van der Waals surface area contributed by atoms with E-state index in [1.165, 1.54) is 12.2 Å². The highest BCUT2D eigenvalue weighted by Gasteiger charge is 2.36. The van der Waals surface area contributed by atoms with E-state index in [9.17, 15) is 13.9 Å². The van der Waals surface area contributed by atoms with Crippen LogP contribution in [0.5, 0.6) is 0 Å². The van der Waals surface area contributed by atoms with E-state index in [1.807, 2.05) is 13.8 Å². The molecule has 141 valence electrons. The molecule has 0 spiro atoms. The normalized spacial score (nSPS) is 13.9. The molecule has 1 radical (unpaired) electrons. The number of hydrogen-bond donors (Lipinski definition) is 1. The minimum absolute atomic E-state index is 0.0672. The Morgan fingerprint density at radius 2 is 1.69 bits per heavy atom. The molecule has 2 heterocycles. The average molecular weight is 364 g/mol. The quantitative estimate of drug-likeness (QED) is 0.768. The fourth-order valence-corrected chi connectivity index (χ4v) is 2.40. The van der Waals surface area contributed by atoms with Crippen molar-refractivity contribution < 1.29 is 18.5 Å². The van der Waals surface area contributed by atoms with Crippen LogP contribution in [0.1, 0.15) is 53.1 Å². The summed E-state index contributed by atoms with van der Waals surface area (Å²) in [5.74, 6) is -1.52. The summed E-state index contributed by atoms with van der Waals surface area (Å²) in [6.45, 7) is 10.6. The largest absolute Gasteiger partial charge is 0.427 e. The SMILES string of the molecule is CC(C)C(c1c(F)cncc1F)n1cc([B]OC(C)(C)C(C)(C)O)cn1. The summed E-state index contributed by atoms with van der Waals surface area (Å²) in [4.78, 5) is 3.53. The van der Waals surface area contributed by atoms with E-state index >= 15 is 0 Å². The zero-order valence-electron chi connectivity index (χ0n) is 16.0. The Kier molecular flexibility index (Phi) is 5.87. The molecule has 1 N–H and O–H groups in total. The van der Waals surface area contributed by atoms with Crippen LogP contribution >= 0.6 is 0 Å². The first-order chi connectivity index (χ1) is 11.9. The number of aromatic nitrogens is 3. The summed E-state index contributed by atoms with van der Waals surface area (Å²) in [5.41, 5.74) is -1.32. The molecule has 2 aromatic rings. The van der Waals surface area contributed by atoms with Crippen LogP contribution in [0.3, 0.4) is 0 Å². The number of hydrogen-bond acceptors (Lipinski definition) is 4. The van der Waals surface area contributed by atoms with Crippen LogP contribution < -0.4 is 5.46 Å². The first-order valence-electron chi connectivity index (χ1n) is 8.50. The van der Waals surface area contributed by atoms with Crippen molar-refractivity contribution in [3.05, 3.63) is 42.0 Å². The summed E-state index contributed by atoms with van der Waals surface area (Å²) < 4.78 is 35.6. The van der Waals surface area contributed by atoms with Crippen molar-refractivity contribution in [2.24, 2.45) is 5.92 Å². The number of aliphatic hydroxyl groups is 1. The molecule has 26 heavy (non-hydrogen) atoms. The van der Waals surface area contributed by atoms with Crippen LogP contribution in [-0.4, -0.2) is 38.6 Å². The van der Waals surface area contributed by atoms with Gasteiger partial charge in [0.15, 0.2) is 0 Å². The predicted molar refractivity (Wildman–Crippen MR) is 96.2 cm³/mol. The van der Waals surface area contributed by atoms with Gasteiger partial charge >= 0.3 is 7.48 Å². The molecule has 0 fully saturated rings. The fourth-order valence-electron chi connectivity index (χ4n) is 2.40. The van der Waals surface area contributed by atoms with Crippen molar-refractivity contribution in [2.75, 3.05) is 0 Å². The van der Waals surface area contributed by atoms with Crippen molar-refractivity contribution >= 4 is 12.9 Å². The smallest absolute Gasteiger partial charge is 0.334 e. The van der Waals surface area contributed by atoms with Gasteiger partial charge in [-0.15, -0.1) is 0 Å². The monoisotopic (exact) mass is 364 g/mol. The third kappa shape index (κ3) is 4.30. The maximum absolute atomic E-state index is 14.2. The topological polar surface area (TPSA) is 60.2 Å². The van der Waals surface area contributed by atoms with Crippen LogP contribution in [0.4, 0.5) is 8.78 Å². The molecule has 2 rings (SSSR count). The number of halogens is 2. The van der Waals surface area contributed by atoms with Crippen molar-refractivity contribution in [2.45, 2.75) is 58.8 Å². The molecular formula is C18H25BF2N3O2. The second-order valence-electron chi connectivity index (χ2n) is 7.76. The summed E-state index contributed by atoms with van der Waals surface area (Å²) >= 11 is 0. The molecule has 1 unspecified atom stereocenters. The standard InChI is InChI=1S/C18H25BF2N3O2/c1-11(2)16(15-13(20)8-22-9-14(15)21)24-10-12(7-23-24)19-26-18(5,6)17(3,4)25/h7-11,16,25H,1-6H3. The Balaban J connectivity index is 2.26. The molecular weight excluding hydrogens is 339 g/mol. The second kappa shape index (κ2) is 7.44. The first kappa shape index (κ1) is 20.5. The molecule has 0 saturated carbocycles. The second-order valence-corrected chi connectivity index (χ2v) is 7.76. The lowest BCUT2D eigenvalue weighted by atomic mass is 9.84. The Hall–Kier alpha value is -1.80. The Bertz CT molecular complexity index is 737. The summed E-state index contributed by atoms with van der Waals surface area (Å²) in [7, 11) is 1.48. The van der Waals surface area contributed by atoms with Crippen LogP contribution in [0.15, 0.2) is 24.8 Å². The van der Waals surface area contributed by atoms with Gasteiger partial charge in [-0.05, 0) is 39.1 Å². The highest BCUT2D eigenvalue weighted by molar-refractivity contribution is 6.46. The molecule has 0 amide bonds. The van der Waals surface area contributed by atoms with Gasteiger partial charge in [-0.3, -0.25) is 9.67 Å². The molecule has 0 bridgehead atoms. The first-order valence-corrected chi connectivity index (χ1v) is 8.50. The van der Waals surface area contributed by atoms with Crippen LogP contribution in [-0.2, 0) is 4.65 Å². The van der Waals surface area contributed by atoms with Crippen molar-refractivity contribution in [1.29, 1.82) is 0 Å². The Labute approximate surface area is 153 Å². The zero-order chi connectivity index (χ0) is 19.7. The van der Waals surface area contributed by atoms with E-state index in [1.54, 1.807) is 40.1 Å². The van der Waals surface area contributed by atoms with E-state index in [0.717, 1.165) is 12.4 Å². The van der Waals surface area contributed by atoms with E-state index in [0.29, 0.717) is 5.46 Å². The minimum Gasteiger partial charge on any atom is -0.427 e. The van der Waals surface area contributed by atoms with E-state index in [4.69, 9.17) is 4.65 Å². The van der Waals surface area contributed by atoms with Crippen LogP contribution in [0, 0.1) is 17.6 Å². The molecule has 0 aromatic carbocycles. The summed E-state index contributed by atoms with van der Waals surface area (Å²) in [5, 5.41) is 14.4. The van der Waals surface area contributed by atoms with E-state index in [2.05, 4.69) is 10.1 Å². The van der Waals surface area contributed by atoms with Gasteiger partial charge in [0.25, 0.3) is 0 Å². The number of pyridine rings is 1. The summed E-state index contributed by atoms with van der Waals surface area (Å²) in [6.07, 6.45) is 5.20. The van der Waals surface area contributed by atoms with Crippen LogP contribution in [0.25, 0.3) is 0 Å². The van der Waals surface area contributed by atoms with Crippen molar-refractivity contribution in [1.82, 2.24) is 14.8 Å². The number of nitrogens with zero attached hydrogens (tertiary/aromatic N) is 3.